The van der Waals surface area contributed by atoms with Crippen LogP contribution in [0.5, 0.6) is 5.75 Å². The lowest BCUT2D eigenvalue weighted by atomic mass is 9.90. The van der Waals surface area contributed by atoms with E-state index in [9.17, 15) is 5.11 Å². The predicted molar refractivity (Wildman–Crippen MR) is 102 cm³/mol. The van der Waals surface area contributed by atoms with Crippen LogP contribution < -0.4 is 4.74 Å². The van der Waals surface area contributed by atoms with Crippen LogP contribution in [0.2, 0.25) is 0 Å². The van der Waals surface area contributed by atoms with Gasteiger partial charge in [0.25, 0.3) is 0 Å². The molecular weight excluding hydrogens is 312 g/mol. The van der Waals surface area contributed by atoms with Gasteiger partial charge in [-0.2, -0.15) is 0 Å². The van der Waals surface area contributed by atoms with Crippen molar-refractivity contribution >= 4 is 0 Å². The Kier molecular flexibility index (Phi) is 6.03. The molecule has 4 nitrogen and oxygen atoms in total. The highest BCUT2D eigenvalue weighted by molar-refractivity contribution is 5.27. The van der Waals surface area contributed by atoms with E-state index in [-0.39, 0.29) is 0 Å². The molecular formula is C21H34N2O2. The smallest absolute Gasteiger partial charge is 0.119 e. The SMILES string of the molecule is Cc1cccc(OCC2(O)CCCN(C3CCN(C(C)C)CC3)C2)c1. The summed E-state index contributed by atoms with van der Waals surface area (Å²) in [5.41, 5.74) is 0.462. The summed E-state index contributed by atoms with van der Waals surface area (Å²) in [7, 11) is 0. The predicted octanol–water partition coefficient (Wildman–Crippen LogP) is 3.07. The number of aryl methyl sites for hydroxylation is 1. The monoisotopic (exact) mass is 346 g/mol. The molecule has 0 aromatic heterocycles. The Morgan fingerprint density at radius 1 is 1.24 bits per heavy atom. The van der Waals surface area contributed by atoms with Gasteiger partial charge in [-0.25, -0.2) is 0 Å². The Morgan fingerprint density at radius 2 is 2.00 bits per heavy atom. The molecule has 0 aliphatic carbocycles. The minimum Gasteiger partial charge on any atom is -0.491 e. The fraction of sp³-hybridized carbons (Fsp3) is 0.714. The van der Waals surface area contributed by atoms with E-state index in [2.05, 4.69) is 36.6 Å². The molecule has 0 radical (unpaired) electrons. The van der Waals surface area contributed by atoms with Crippen LogP contribution in [0, 0.1) is 6.92 Å². The van der Waals surface area contributed by atoms with Gasteiger partial charge in [0.15, 0.2) is 0 Å². The second-order valence-electron chi connectivity index (χ2n) is 8.26. The minimum atomic E-state index is -0.725. The number of hydrogen-bond donors (Lipinski definition) is 1. The number of nitrogens with zero attached hydrogens (tertiary/aromatic N) is 2. The summed E-state index contributed by atoms with van der Waals surface area (Å²) in [6.45, 7) is 11.2. The molecule has 0 bridgehead atoms. The summed E-state index contributed by atoms with van der Waals surface area (Å²) in [5.74, 6) is 0.857. The van der Waals surface area contributed by atoms with E-state index in [0.29, 0.717) is 18.7 Å². The number of rotatable bonds is 5. The zero-order valence-corrected chi connectivity index (χ0v) is 16.1. The van der Waals surface area contributed by atoms with E-state index < -0.39 is 5.60 Å². The first kappa shape index (κ1) is 18.7. The third-order valence-electron chi connectivity index (χ3n) is 5.83. The van der Waals surface area contributed by atoms with Crippen molar-refractivity contribution in [2.24, 2.45) is 0 Å². The number of aliphatic hydroxyl groups is 1. The van der Waals surface area contributed by atoms with E-state index in [1.807, 2.05) is 18.2 Å². The van der Waals surface area contributed by atoms with Gasteiger partial charge in [0.1, 0.15) is 18.0 Å². The highest BCUT2D eigenvalue weighted by Gasteiger charge is 2.37. The van der Waals surface area contributed by atoms with E-state index >= 15 is 0 Å². The number of hydrogen-bond acceptors (Lipinski definition) is 4. The summed E-state index contributed by atoms with van der Waals surface area (Å²) in [6.07, 6.45) is 4.32. The molecule has 2 heterocycles. The molecule has 1 atom stereocenters. The number of benzene rings is 1. The number of likely N-dealkylation sites (tertiary alicyclic amines) is 2. The van der Waals surface area contributed by atoms with Crippen LogP contribution in [0.1, 0.15) is 45.1 Å². The van der Waals surface area contributed by atoms with E-state index in [1.165, 1.54) is 31.5 Å². The molecule has 1 aromatic rings. The van der Waals surface area contributed by atoms with E-state index in [1.54, 1.807) is 0 Å². The van der Waals surface area contributed by atoms with Crippen LogP contribution in [0.15, 0.2) is 24.3 Å². The highest BCUT2D eigenvalue weighted by atomic mass is 16.5. The lowest BCUT2D eigenvalue weighted by Gasteiger charge is -2.45. The average Bonchev–Trinajstić information content (AvgIpc) is 2.60. The molecule has 2 aliphatic heterocycles. The topological polar surface area (TPSA) is 35.9 Å². The van der Waals surface area contributed by atoms with E-state index in [4.69, 9.17) is 4.74 Å². The Hall–Kier alpha value is -1.10. The molecule has 3 rings (SSSR count). The first-order valence-electron chi connectivity index (χ1n) is 9.85. The van der Waals surface area contributed by atoms with Gasteiger partial charge >= 0.3 is 0 Å². The quantitative estimate of drug-likeness (QED) is 0.889. The number of β-amino-alcohol motifs (C(OH)–C–C–N with tert-alkyl or cyclic N) is 1. The van der Waals surface area contributed by atoms with Gasteiger partial charge in [-0.15, -0.1) is 0 Å². The van der Waals surface area contributed by atoms with Crippen LogP contribution in [0.3, 0.4) is 0 Å². The maximum absolute atomic E-state index is 11.1. The van der Waals surface area contributed by atoms with Crippen LogP contribution in [-0.2, 0) is 0 Å². The second-order valence-corrected chi connectivity index (χ2v) is 8.26. The van der Waals surface area contributed by atoms with E-state index in [0.717, 1.165) is 31.7 Å². The van der Waals surface area contributed by atoms with Crippen molar-refractivity contribution in [1.82, 2.24) is 9.80 Å². The van der Waals surface area contributed by atoms with Gasteiger partial charge in [0.2, 0.25) is 0 Å². The average molecular weight is 347 g/mol. The fourth-order valence-electron chi connectivity index (χ4n) is 4.27. The molecule has 2 saturated heterocycles. The zero-order chi connectivity index (χ0) is 17.9. The molecule has 25 heavy (non-hydrogen) atoms. The van der Waals surface area contributed by atoms with Crippen LogP contribution >= 0.6 is 0 Å². The largest absolute Gasteiger partial charge is 0.491 e. The van der Waals surface area contributed by atoms with Crippen molar-refractivity contribution in [2.75, 3.05) is 32.8 Å². The maximum atomic E-state index is 11.1. The normalized spacial score (nSPS) is 26.9. The first-order valence-corrected chi connectivity index (χ1v) is 9.85. The standard InChI is InChI=1S/C21H34N2O2/c1-17(2)22-12-8-19(9-13-22)23-11-5-10-21(24,15-23)16-25-20-7-4-6-18(3)14-20/h4,6-7,14,17,19,24H,5,8-13,15-16H2,1-3H3. The lowest BCUT2D eigenvalue weighted by Crippen LogP contribution is -2.56. The summed E-state index contributed by atoms with van der Waals surface area (Å²) < 4.78 is 5.93. The Balaban J connectivity index is 1.53. The molecule has 0 spiro atoms. The molecule has 0 amide bonds. The van der Waals surface area contributed by atoms with Gasteiger partial charge in [-0.3, -0.25) is 4.90 Å². The Labute approximate surface area is 152 Å². The van der Waals surface area contributed by atoms with Crippen molar-refractivity contribution in [3.05, 3.63) is 29.8 Å². The van der Waals surface area contributed by atoms with Crippen molar-refractivity contribution in [2.45, 2.75) is 64.1 Å². The van der Waals surface area contributed by atoms with Gasteiger partial charge in [-0.05, 0) is 83.8 Å². The molecule has 1 N–H and O–H groups in total. The molecule has 1 aromatic carbocycles. The summed E-state index contributed by atoms with van der Waals surface area (Å²) in [6, 6.07) is 9.32. The number of piperidine rings is 2. The van der Waals surface area contributed by atoms with Gasteiger partial charge in [-0.1, -0.05) is 12.1 Å². The molecule has 0 saturated carbocycles. The second kappa shape index (κ2) is 8.07. The minimum absolute atomic E-state index is 0.387. The third kappa shape index (κ3) is 4.96. The van der Waals surface area contributed by atoms with Crippen LogP contribution in [0.4, 0.5) is 0 Å². The molecule has 2 fully saturated rings. The van der Waals surface area contributed by atoms with Crippen molar-refractivity contribution in [3.63, 3.8) is 0 Å². The van der Waals surface area contributed by atoms with Gasteiger partial charge in [0.05, 0.1) is 0 Å². The lowest BCUT2D eigenvalue weighted by molar-refractivity contribution is -0.0761. The summed E-state index contributed by atoms with van der Waals surface area (Å²) >= 11 is 0. The third-order valence-corrected chi connectivity index (χ3v) is 5.83. The van der Waals surface area contributed by atoms with Gasteiger partial charge < -0.3 is 14.7 Å². The summed E-state index contributed by atoms with van der Waals surface area (Å²) in [5, 5.41) is 11.1. The fourth-order valence-corrected chi connectivity index (χ4v) is 4.27. The molecule has 4 heteroatoms. The molecule has 140 valence electrons. The number of ether oxygens (including phenoxy) is 1. The van der Waals surface area contributed by atoms with Crippen molar-refractivity contribution in [3.8, 4) is 5.75 Å². The van der Waals surface area contributed by atoms with Crippen LogP contribution in [-0.4, -0.2) is 65.4 Å². The molecule has 2 aliphatic rings. The van der Waals surface area contributed by atoms with Gasteiger partial charge in [0, 0.05) is 18.6 Å². The maximum Gasteiger partial charge on any atom is 0.119 e. The Morgan fingerprint density at radius 3 is 2.68 bits per heavy atom. The molecule has 1 unspecified atom stereocenters. The zero-order valence-electron chi connectivity index (χ0n) is 16.1. The van der Waals surface area contributed by atoms with Crippen molar-refractivity contribution < 1.29 is 9.84 Å². The van der Waals surface area contributed by atoms with Crippen molar-refractivity contribution in [1.29, 1.82) is 0 Å². The summed E-state index contributed by atoms with van der Waals surface area (Å²) in [4.78, 5) is 5.08. The van der Waals surface area contributed by atoms with Crippen LogP contribution in [0.25, 0.3) is 0 Å². The Bertz CT molecular complexity index is 555. The highest BCUT2D eigenvalue weighted by Crippen LogP contribution is 2.28. The first-order chi connectivity index (χ1) is 12.0.